The van der Waals surface area contributed by atoms with Crippen molar-refractivity contribution in [3.05, 3.63) is 98.8 Å². The number of H-pyrrole nitrogens is 1. The Morgan fingerprint density at radius 1 is 0.949 bits per heavy atom. The maximum atomic E-state index is 6.34. The van der Waals surface area contributed by atoms with Crippen molar-refractivity contribution in [1.82, 2.24) is 24.8 Å². The van der Waals surface area contributed by atoms with Crippen LogP contribution < -0.4 is 4.74 Å². The van der Waals surface area contributed by atoms with Gasteiger partial charge in [0.1, 0.15) is 18.1 Å². The van der Waals surface area contributed by atoms with E-state index in [1.807, 2.05) is 36.4 Å². The number of imidazole rings is 1. The van der Waals surface area contributed by atoms with Crippen molar-refractivity contribution in [1.29, 1.82) is 0 Å². The molecule has 0 atom stereocenters. The van der Waals surface area contributed by atoms with Crippen molar-refractivity contribution in [3.63, 3.8) is 0 Å². The van der Waals surface area contributed by atoms with E-state index < -0.39 is 0 Å². The quantitative estimate of drug-likeness (QED) is 0.230. The van der Waals surface area contributed by atoms with Crippen LogP contribution in [0.25, 0.3) is 22.6 Å². The number of aromatic amines is 1. The van der Waals surface area contributed by atoms with Crippen molar-refractivity contribution < 1.29 is 4.74 Å². The predicted molar refractivity (Wildman–Crippen MR) is 160 cm³/mol. The summed E-state index contributed by atoms with van der Waals surface area (Å²) in [6, 6.07) is 22.5. The first-order valence-corrected chi connectivity index (χ1v) is 14.6. The first-order valence-electron chi connectivity index (χ1n) is 13.4. The Bertz CT molecular complexity index is 1540. The molecule has 6 nitrogen and oxygen atoms in total. The molecule has 0 radical (unpaired) electrons. The summed E-state index contributed by atoms with van der Waals surface area (Å²) in [5, 5.41) is 3.75. The number of nitrogens with zero attached hydrogens (tertiary/aromatic N) is 4. The first kappa shape index (κ1) is 26.0. The van der Waals surface area contributed by atoms with E-state index in [2.05, 4.69) is 57.5 Å². The van der Waals surface area contributed by atoms with E-state index in [1.54, 1.807) is 11.3 Å². The topological polar surface area (TPSA) is 57.3 Å². The second-order valence-electron chi connectivity index (χ2n) is 10.2. The largest absolute Gasteiger partial charge is 0.489 e. The smallest absolute Gasteiger partial charge is 0.158 e. The molecule has 5 aromatic rings. The van der Waals surface area contributed by atoms with E-state index in [4.69, 9.17) is 26.3 Å². The van der Waals surface area contributed by atoms with Gasteiger partial charge in [0.15, 0.2) is 5.82 Å². The van der Waals surface area contributed by atoms with Crippen LogP contribution in [0, 0.1) is 0 Å². The van der Waals surface area contributed by atoms with E-state index in [0.717, 1.165) is 83.6 Å². The number of halogens is 1. The number of thiazole rings is 1. The standard InChI is InChI=1S/C31H32ClN5OS/c1-36-13-15-37(16-14-36)12-11-22-7-9-26-27(17-22)35-31(34-26)28-21-39-30(33-28)19-24-18-25(32)8-10-29(24)38-20-23-5-3-2-4-6-23/h2-10,17-18,21H,11-16,19-20H2,1H3,(H,34,35). The Morgan fingerprint density at radius 3 is 2.64 bits per heavy atom. The van der Waals surface area contributed by atoms with Crippen LogP contribution in [-0.4, -0.2) is 64.5 Å². The van der Waals surface area contributed by atoms with Crippen molar-refractivity contribution in [3.8, 4) is 17.3 Å². The average Bonchev–Trinajstić information content (AvgIpc) is 3.60. The van der Waals surface area contributed by atoms with Gasteiger partial charge in [0.05, 0.1) is 16.0 Å². The Labute approximate surface area is 238 Å². The fraction of sp³-hybridized carbons (Fsp3) is 0.290. The van der Waals surface area contributed by atoms with Gasteiger partial charge < -0.3 is 19.5 Å². The molecule has 0 saturated carbocycles. The number of aromatic nitrogens is 3. The number of fused-ring (bicyclic) bond motifs is 1. The minimum absolute atomic E-state index is 0.509. The second kappa shape index (κ2) is 11.9. The molecule has 200 valence electrons. The van der Waals surface area contributed by atoms with Crippen LogP contribution in [0.15, 0.2) is 72.1 Å². The molecule has 6 rings (SSSR count). The molecule has 1 aliphatic heterocycles. The zero-order valence-corrected chi connectivity index (χ0v) is 23.6. The van der Waals surface area contributed by atoms with Gasteiger partial charge in [-0.1, -0.05) is 48.0 Å². The van der Waals surface area contributed by atoms with Gasteiger partial charge in [0.25, 0.3) is 0 Å². The normalized spacial score (nSPS) is 14.7. The Kier molecular flexibility index (Phi) is 7.93. The summed E-state index contributed by atoms with van der Waals surface area (Å²) in [6.45, 7) is 6.20. The molecule has 1 saturated heterocycles. The van der Waals surface area contributed by atoms with Crippen LogP contribution in [0.3, 0.4) is 0 Å². The first-order chi connectivity index (χ1) is 19.1. The molecule has 2 aromatic heterocycles. The third-order valence-electron chi connectivity index (χ3n) is 7.25. The van der Waals surface area contributed by atoms with Gasteiger partial charge in [0.2, 0.25) is 0 Å². The number of piperazine rings is 1. The summed E-state index contributed by atoms with van der Waals surface area (Å²) >= 11 is 7.97. The summed E-state index contributed by atoms with van der Waals surface area (Å²) < 4.78 is 6.15. The summed E-state index contributed by atoms with van der Waals surface area (Å²) in [6.07, 6.45) is 1.69. The maximum absolute atomic E-state index is 6.34. The molecule has 0 bridgehead atoms. The lowest BCUT2D eigenvalue weighted by molar-refractivity contribution is 0.155. The maximum Gasteiger partial charge on any atom is 0.158 e. The summed E-state index contributed by atoms with van der Waals surface area (Å²) in [5.74, 6) is 1.63. The van der Waals surface area contributed by atoms with Crippen LogP contribution in [0.2, 0.25) is 5.02 Å². The third kappa shape index (κ3) is 6.50. The van der Waals surface area contributed by atoms with Gasteiger partial charge in [-0.3, -0.25) is 0 Å². The predicted octanol–water partition coefficient (Wildman–Crippen LogP) is 6.30. The van der Waals surface area contributed by atoms with E-state index in [1.165, 1.54) is 5.56 Å². The zero-order chi connectivity index (χ0) is 26.6. The fourth-order valence-electron chi connectivity index (χ4n) is 4.92. The Hall–Kier alpha value is -3.23. The lowest BCUT2D eigenvalue weighted by Gasteiger charge is -2.32. The van der Waals surface area contributed by atoms with Gasteiger partial charge in [-0.25, -0.2) is 9.97 Å². The van der Waals surface area contributed by atoms with Crippen LogP contribution >= 0.6 is 22.9 Å². The fourth-order valence-corrected chi connectivity index (χ4v) is 5.91. The molecule has 1 aliphatic rings. The lowest BCUT2D eigenvalue weighted by Crippen LogP contribution is -2.45. The third-order valence-corrected chi connectivity index (χ3v) is 8.34. The van der Waals surface area contributed by atoms with Crippen molar-refractivity contribution in [2.45, 2.75) is 19.4 Å². The zero-order valence-electron chi connectivity index (χ0n) is 22.1. The average molecular weight is 558 g/mol. The van der Waals surface area contributed by atoms with E-state index in [-0.39, 0.29) is 0 Å². The number of ether oxygens (including phenoxy) is 1. The van der Waals surface area contributed by atoms with Crippen LogP contribution in [0.5, 0.6) is 5.75 Å². The second-order valence-corrected chi connectivity index (χ2v) is 11.5. The highest BCUT2D eigenvalue weighted by Crippen LogP contribution is 2.29. The Balaban J connectivity index is 1.13. The molecular weight excluding hydrogens is 526 g/mol. The van der Waals surface area contributed by atoms with Gasteiger partial charge in [-0.05, 0) is 54.9 Å². The van der Waals surface area contributed by atoms with Crippen molar-refractivity contribution in [2.75, 3.05) is 39.8 Å². The van der Waals surface area contributed by atoms with Gasteiger partial charge in [-0.2, -0.15) is 0 Å². The molecule has 3 aromatic carbocycles. The van der Waals surface area contributed by atoms with Crippen molar-refractivity contribution >= 4 is 34.0 Å². The minimum atomic E-state index is 0.509. The molecule has 0 unspecified atom stereocenters. The number of benzene rings is 3. The number of hydrogen-bond acceptors (Lipinski definition) is 6. The molecule has 39 heavy (non-hydrogen) atoms. The minimum Gasteiger partial charge on any atom is -0.489 e. The van der Waals surface area contributed by atoms with Gasteiger partial charge in [-0.15, -0.1) is 11.3 Å². The van der Waals surface area contributed by atoms with E-state index in [9.17, 15) is 0 Å². The molecule has 1 N–H and O–H groups in total. The van der Waals surface area contributed by atoms with Crippen LogP contribution in [0.4, 0.5) is 0 Å². The van der Waals surface area contributed by atoms with Crippen LogP contribution in [0.1, 0.15) is 21.7 Å². The summed E-state index contributed by atoms with van der Waals surface area (Å²) in [4.78, 5) is 18.2. The monoisotopic (exact) mass is 557 g/mol. The highest BCUT2D eigenvalue weighted by Gasteiger charge is 2.15. The Morgan fingerprint density at radius 2 is 1.79 bits per heavy atom. The number of hydrogen-bond donors (Lipinski definition) is 1. The highest BCUT2D eigenvalue weighted by atomic mass is 35.5. The van der Waals surface area contributed by atoms with E-state index in [0.29, 0.717) is 18.1 Å². The van der Waals surface area contributed by atoms with Gasteiger partial charge >= 0.3 is 0 Å². The molecule has 0 aliphatic carbocycles. The molecule has 3 heterocycles. The molecule has 1 fully saturated rings. The number of nitrogens with one attached hydrogen (secondary N) is 1. The number of rotatable bonds is 9. The molecule has 0 amide bonds. The van der Waals surface area contributed by atoms with E-state index >= 15 is 0 Å². The molecule has 8 heteroatoms. The summed E-state index contributed by atoms with van der Waals surface area (Å²) in [5.41, 5.74) is 6.37. The van der Waals surface area contributed by atoms with Crippen LogP contribution in [-0.2, 0) is 19.4 Å². The summed E-state index contributed by atoms with van der Waals surface area (Å²) in [7, 11) is 2.20. The lowest BCUT2D eigenvalue weighted by atomic mass is 10.1. The van der Waals surface area contributed by atoms with Crippen molar-refractivity contribution in [2.24, 2.45) is 0 Å². The van der Waals surface area contributed by atoms with Gasteiger partial charge in [0, 0.05) is 55.1 Å². The molecule has 0 spiro atoms. The molecular formula is C31H32ClN5OS. The highest BCUT2D eigenvalue weighted by molar-refractivity contribution is 7.10. The SMILES string of the molecule is CN1CCN(CCc2ccc3nc(-c4csc(Cc5cc(Cl)ccc5OCc5ccccc5)n4)[nH]c3c2)CC1. The number of likely N-dealkylation sites (N-methyl/N-ethyl adjacent to an activating group) is 1.